The first kappa shape index (κ1) is 20.4. The van der Waals surface area contributed by atoms with Crippen LogP contribution in [0.1, 0.15) is 15.9 Å². The van der Waals surface area contributed by atoms with Gasteiger partial charge in [-0.15, -0.1) is 0 Å². The zero-order valence-electron chi connectivity index (χ0n) is 16.7. The number of ketones is 1. The zero-order valence-corrected chi connectivity index (χ0v) is 16.7. The third kappa shape index (κ3) is 6.63. The number of benzene rings is 3. The number of hydrogen-bond acceptors (Lipinski definition) is 4. The predicted molar refractivity (Wildman–Crippen MR) is 117 cm³/mol. The molecule has 0 aliphatic carbocycles. The van der Waals surface area contributed by atoms with Crippen molar-refractivity contribution in [1.29, 1.82) is 0 Å². The van der Waals surface area contributed by atoms with E-state index >= 15 is 0 Å². The van der Waals surface area contributed by atoms with Crippen LogP contribution in [0.2, 0.25) is 0 Å². The van der Waals surface area contributed by atoms with Crippen molar-refractivity contribution in [3.63, 3.8) is 0 Å². The van der Waals surface area contributed by atoms with Gasteiger partial charge >= 0.3 is 0 Å². The second-order valence-electron chi connectivity index (χ2n) is 6.86. The van der Waals surface area contributed by atoms with E-state index in [2.05, 4.69) is 4.90 Å². The molecular formula is C25H25NO3. The molecule has 0 spiro atoms. The Hall–Kier alpha value is -3.37. The summed E-state index contributed by atoms with van der Waals surface area (Å²) in [7, 11) is 4.00. The third-order valence-corrected chi connectivity index (χ3v) is 4.23. The molecule has 4 nitrogen and oxygen atoms in total. The molecule has 0 aliphatic heterocycles. The van der Waals surface area contributed by atoms with Crippen molar-refractivity contribution in [2.45, 2.75) is 0 Å². The molecule has 0 heterocycles. The van der Waals surface area contributed by atoms with Crippen LogP contribution in [0, 0.1) is 0 Å². The van der Waals surface area contributed by atoms with E-state index in [1.807, 2.05) is 80.8 Å². The molecule has 0 N–H and O–H groups in total. The Morgan fingerprint density at radius 3 is 2.10 bits per heavy atom. The van der Waals surface area contributed by atoms with Gasteiger partial charge in [0.25, 0.3) is 0 Å². The molecule has 0 amide bonds. The number of carbonyl (C=O) groups is 1. The van der Waals surface area contributed by atoms with Gasteiger partial charge in [0.15, 0.2) is 5.78 Å². The fourth-order valence-corrected chi connectivity index (χ4v) is 2.60. The highest BCUT2D eigenvalue weighted by molar-refractivity contribution is 6.06. The van der Waals surface area contributed by atoms with E-state index in [0.717, 1.165) is 29.4 Å². The minimum absolute atomic E-state index is 0.0468. The van der Waals surface area contributed by atoms with Gasteiger partial charge < -0.3 is 14.4 Å². The maximum Gasteiger partial charge on any atom is 0.185 e. The van der Waals surface area contributed by atoms with Gasteiger partial charge in [-0.3, -0.25) is 4.79 Å². The summed E-state index contributed by atoms with van der Waals surface area (Å²) in [5.41, 5.74) is 1.56. The second kappa shape index (κ2) is 10.2. The Bertz CT molecular complexity index is 930. The predicted octanol–water partition coefficient (Wildman–Crippen LogP) is 5.32. The van der Waals surface area contributed by atoms with Crippen molar-refractivity contribution in [1.82, 2.24) is 4.90 Å². The Morgan fingerprint density at radius 1 is 0.828 bits per heavy atom. The lowest BCUT2D eigenvalue weighted by molar-refractivity contribution is 0.104. The molecule has 0 saturated carbocycles. The largest absolute Gasteiger partial charge is 0.492 e. The summed E-state index contributed by atoms with van der Waals surface area (Å²) in [5, 5.41) is 0. The van der Waals surface area contributed by atoms with E-state index in [0.29, 0.717) is 12.2 Å². The maximum atomic E-state index is 12.4. The number of hydrogen-bond donors (Lipinski definition) is 0. The van der Waals surface area contributed by atoms with Crippen molar-refractivity contribution >= 4 is 11.9 Å². The van der Waals surface area contributed by atoms with Gasteiger partial charge in [0.1, 0.15) is 23.9 Å². The molecule has 3 rings (SSSR count). The van der Waals surface area contributed by atoms with Gasteiger partial charge in [0, 0.05) is 12.1 Å². The Morgan fingerprint density at radius 2 is 1.45 bits per heavy atom. The molecule has 148 valence electrons. The van der Waals surface area contributed by atoms with Crippen molar-refractivity contribution < 1.29 is 14.3 Å². The number of likely N-dealkylation sites (N-methyl/N-ethyl adjacent to an activating group) is 1. The summed E-state index contributed by atoms with van der Waals surface area (Å²) in [6.07, 6.45) is 3.38. The summed E-state index contributed by atoms with van der Waals surface area (Å²) in [6.45, 7) is 1.46. The first-order valence-corrected chi connectivity index (χ1v) is 9.53. The first-order chi connectivity index (χ1) is 14.1. The number of nitrogens with zero attached hydrogens (tertiary/aromatic N) is 1. The highest BCUT2D eigenvalue weighted by atomic mass is 16.5. The van der Waals surface area contributed by atoms with Crippen molar-refractivity contribution in [3.8, 4) is 17.2 Å². The molecule has 3 aromatic carbocycles. The minimum atomic E-state index is -0.0468. The van der Waals surface area contributed by atoms with Crippen LogP contribution in [0.25, 0.3) is 6.08 Å². The summed E-state index contributed by atoms with van der Waals surface area (Å²) in [4.78, 5) is 14.4. The fraction of sp³-hybridized carbons (Fsp3) is 0.160. The summed E-state index contributed by atoms with van der Waals surface area (Å²) < 4.78 is 11.4. The molecule has 0 aromatic heterocycles. The fourth-order valence-electron chi connectivity index (χ4n) is 2.60. The summed E-state index contributed by atoms with van der Waals surface area (Å²) >= 11 is 0. The second-order valence-corrected chi connectivity index (χ2v) is 6.86. The molecule has 0 fully saturated rings. The molecule has 29 heavy (non-hydrogen) atoms. The SMILES string of the molecule is CN(C)CCOc1ccc(C(=O)C=Cc2ccc(Oc3ccccc3)cc2)cc1. The number of allylic oxidation sites excluding steroid dienone is 1. The van der Waals surface area contributed by atoms with Gasteiger partial charge in [-0.2, -0.15) is 0 Å². The van der Waals surface area contributed by atoms with E-state index in [1.54, 1.807) is 24.3 Å². The van der Waals surface area contributed by atoms with Gasteiger partial charge in [-0.25, -0.2) is 0 Å². The van der Waals surface area contributed by atoms with Crippen molar-refractivity contribution in [2.75, 3.05) is 27.2 Å². The standard InChI is InChI=1S/C25H25NO3/c1-26(2)18-19-28-22-15-11-21(12-16-22)25(27)17-10-20-8-13-24(14-9-20)29-23-6-4-3-5-7-23/h3-17H,18-19H2,1-2H3. The highest BCUT2D eigenvalue weighted by Crippen LogP contribution is 2.21. The molecule has 3 aromatic rings. The number of para-hydroxylation sites is 1. The smallest absolute Gasteiger partial charge is 0.185 e. The quantitative estimate of drug-likeness (QED) is 0.368. The summed E-state index contributed by atoms with van der Waals surface area (Å²) in [5.74, 6) is 2.26. The van der Waals surface area contributed by atoms with Crippen molar-refractivity contribution in [3.05, 3.63) is 96.1 Å². The molecule has 0 aliphatic rings. The highest BCUT2D eigenvalue weighted by Gasteiger charge is 2.03. The van der Waals surface area contributed by atoms with Gasteiger partial charge in [-0.05, 0) is 74.3 Å². The molecule has 0 bridgehead atoms. The maximum absolute atomic E-state index is 12.4. The molecule has 4 heteroatoms. The molecule has 0 atom stereocenters. The number of rotatable bonds is 9. The lowest BCUT2D eigenvalue weighted by atomic mass is 10.1. The Kier molecular flexibility index (Phi) is 7.20. The van der Waals surface area contributed by atoms with Crippen molar-refractivity contribution in [2.24, 2.45) is 0 Å². The van der Waals surface area contributed by atoms with Crippen LogP contribution in [0.15, 0.2) is 84.9 Å². The number of carbonyl (C=O) groups excluding carboxylic acids is 1. The van der Waals surface area contributed by atoms with Crippen LogP contribution < -0.4 is 9.47 Å². The van der Waals surface area contributed by atoms with Crippen LogP contribution in [-0.2, 0) is 0 Å². The molecule has 0 radical (unpaired) electrons. The van der Waals surface area contributed by atoms with E-state index in [-0.39, 0.29) is 5.78 Å². The Labute approximate surface area is 172 Å². The van der Waals surface area contributed by atoms with Crippen LogP contribution >= 0.6 is 0 Å². The molecule has 0 unspecified atom stereocenters. The first-order valence-electron chi connectivity index (χ1n) is 9.53. The van der Waals surface area contributed by atoms with E-state index < -0.39 is 0 Å². The average molecular weight is 387 g/mol. The van der Waals surface area contributed by atoms with Crippen LogP contribution in [0.3, 0.4) is 0 Å². The van der Waals surface area contributed by atoms with Gasteiger partial charge in [0.05, 0.1) is 0 Å². The van der Waals surface area contributed by atoms with Gasteiger partial charge in [-0.1, -0.05) is 36.4 Å². The zero-order chi connectivity index (χ0) is 20.5. The normalized spacial score (nSPS) is 11.0. The van der Waals surface area contributed by atoms with E-state index in [9.17, 15) is 4.79 Å². The molecular weight excluding hydrogens is 362 g/mol. The number of ether oxygens (including phenoxy) is 2. The third-order valence-electron chi connectivity index (χ3n) is 4.23. The van der Waals surface area contributed by atoms with E-state index in [1.165, 1.54) is 0 Å². The van der Waals surface area contributed by atoms with Gasteiger partial charge in [0.2, 0.25) is 0 Å². The summed E-state index contributed by atoms with van der Waals surface area (Å²) in [6, 6.07) is 24.5. The lowest BCUT2D eigenvalue weighted by Gasteiger charge is -2.11. The lowest BCUT2D eigenvalue weighted by Crippen LogP contribution is -2.19. The van der Waals surface area contributed by atoms with Crippen LogP contribution in [-0.4, -0.2) is 37.9 Å². The molecule has 0 saturated heterocycles. The minimum Gasteiger partial charge on any atom is -0.492 e. The van der Waals surface area contributed by atoms with Crippen LogP contribution in [0.5, 0.6) is 17.2 Å². The monoisotopic (exact) mass is 387 g/mol. The average Bonchev–Trinajstić information content (AvgIpc) is 2.74. The Balaban J connectivity index is 1.54. The topological polar surface area (TPSA) is 38.8 Å². The van der Waals surface area contributed by atoms with Crippen LogP contribution in [0.4, 0.5) is 0 Å². The van der Waals surface area contributed by atoms with E-state index in [4.69, 9.17) is 9.47 Å².